The smallest absolute Gasteiger partial charge is 0.227 e. The number of para-hydroxylation sites is 1. The van der Waals surface area contributed by atoms with Crippen LogP contribution in [0.5, 0.6) is 0 Å². The van der Waals surface area contributed by atoms with Crippen molar-refractivity contribution in [1.29, 1.82) is 0 Å². The zero-order valence-electron chi connectivity index (χ0n) is 13.3. The van der Waals surface area contributed by atoms with Crippen LogP contribution in [0, 0.1) is 5.41 Å². The molecule has 0 fully saturated rings. The van der Waals surface area contributed by atoms with Crippen LogP contribution in [0.3, 0.4) is 0 Å². The summed E-state index contributed by atoms with van der Waals surface area (Å²) < 4.78 is 0. The van der Waals surface area contributed by atoms with E-state index in [1.165, 1.54) is 10.9 Å². The number of fused-ring (bicyclic) bond motifs is 1. The van der Waals surface area contributed by atoms with Crippen molar-refractivity contribution in [2.75, 3.05) is 13.1 Å². The number of aromatic amines is 1. The summed E-state index contributed by atoms with van der Waals surface area (Å²) in [6.45, 7) is 5.09. The van der Waals surface area contributed by atoms with E-state index in [0.29, 0.717) is 13.1 Å². The molecule has 0 saturated heterocycles. The molecule has 122 valence electrons. The molecule has 0 atom stereocenters. The van der Waals surface area contributed by atoms with Crippen LogP contribution in [0.1, 0.15) is 32.3 Å². The van der Waals surface area contributed by atoms with Crippen LogP contribution in [0.15, 0.2) is 30.5 Å². The van der Waals surface area contributed by atoms with Gasteiger partial charge >= 0.3 is 0 Å². The summed E-state index contributed by atoms with van der Waals surface area (Å²) in [5.74, 6) is 0.0786. The first-order valence-electron chi connectivity index (χ1n) is 7.70. The first kappa shape index (κ1) is 18.5. The molecule has 4 N–H and O–H groups in total. The highest BCUT2D eigenvalue weighted by molar-refractivity contribution is 5.85. The van der Waals surface area contributed by atoms with Crippen molar-refractivity contribution in [1.82, 2.24) is 10.3 Å². The second-order valence-electron chi connectivity index (χ2n) is 5.56. The minimum absolute atomic E-state index is 0. The summed E-state index contributed by atoms with van der Waals surface area (Å²) in [5.41, 5.74) is 7.76. The summed E-state index contributed by atoms with van der Waals surface area (Å²) in [6, 6.07) is 8.21. The van der Waals surface area contributed by atoms with E-state index in [9.17, 15) is 4.79 Å². The SMILES string of the molecule is CCC(CC)(CN)C(=O)NCCc1c[nH]c2ccccc12.Cl. The van der Waals surface area contributed by atoms with E-state index in [2.05, 4.69) is 22.4 Å². The summed E-state index contributed by atoms with van der Waals surface area (Å²) in [7, 11) is 0. The van der Waals surface area contributed by atoms with Crippen molar-refractivity contribution in [3.05, 3.63) is 36.0 Å². The highest BCUT2D eigenvalue weighted by atomic mass is 35.5. The van der Waals surface area contributed by atoms with Gasteiger partial charge in [0.1, 0.15) is 0 Å². The van der Waals surface area contributed by atoms with Gasteiger partial charge in [0.05, 0.1) is 5.41 Å². The molecule has 0 aliphatic rings. The van der Waals surface area contributed by atoms with Gasteiger partial charge < -0.3 is 16.0 Å². The maximum Gasteiger partial charge on any atom is 0.227 e. The zero-order valence-corrected chi connectivity index (χ0v) is 14.1. The van der Waals surface area contributed by atoms with Crippen LogP contribution in [-0.2, 0) is 11.2 Å². The van der Waals surface area contributed by atoms with Gasteiger partial charge in [-0.15, -0.1) is 12.4 Å². The summed E-state index contributed by atoms with van der Waals surface area (Å²) >= 11 is 0. The van der Waals surface area contributed by atoms with Gasteiger partial charge in [0.2, 0.25) is 5.91 Å². The molecule has 0 saturated carbocycles. The zero-order chi connectivity index (χ0) is 15.3. The lowest BCUT2D eigenvalue weighted by atomic mass is 9.81. The van der Waals surface area contributed by atoms with E-state index in [4.69, 9.17) is 5.73 Å². The van der Waals surface area contributed by atoms with Crippen LogP contribution < -0.4 is 11.1 Å². The van der Waals surface area contributed by atoms with Crippen molar-refractivity contribution < 1.29 is 4.79 Å². The maximum absolute atomic E-state index is 12.4. The number of nitrogens with one attached hydrogen (secondary N) is 2. The third-order valence-electron chi connectivity index (χ3n) is 4.58. The van der Waals surface area contributed by atoms with Crippen molar-refractivity contribution >= 4 is 29.2 Å². The number of carbonyl (C=O) groups is 1. The summed E-state index contributed by atoms with van der Waals surface area (Å²) in [5, 5.41) is 4.27. The molecule has 1 heterocycles. The maximum atomic E-state index is 12.4. The molecular formula is C17H26ClN3O. The summed E-state index contributed by atoms with van der Waals surface area (Å²) in [4.78, 5) is 15.6. The number of halogens is 1. The molecule has 2 rings (SSSR count). The van der Waals surface area contributed by atoms with Gasteiger partial charge in [-0.25, -0.2) is 0 Å². The number of H-pyrrole nitrogens is 1. The third-order valence-corrected chi connectivity index (χ3v) is 4.58. The van der Waals surface area contributed by atoms with Crippen molar-refractivity contribution in [2.45, 2.75) is 33.1 Å². The highest BCUT2D eigenvalue weighted by Crippen LogP contribution is 2.25. The number of rotatable bonds is 7. The number of hydrogen-bond donors (Lipinski definition) is 3. The van der Waals surface area contributed by atoms with Gasteiger partial charge in [-0.3, -0.25) is 4.79 Å². The van der Waals surface area contributed by atoms with Crippen molar-refractivity contribution in [2.24, 2.45) is 11.1 Å². The summed E-state index contributed by atoms with van der Waals surface area (Å²) in [6.07, 6.45) is 4.40. The molecule has 1 amide bonds. The fourth-order valence-corrected chi connectivity index (χ4v) is 2.79. The lowest BCUT2D eigenvalue weighted by Crippen LogP contribution is -2.45. The van der Waals surface area contributed by atoms with E-state index in [0.717, 1.165) is 24.8 Å². The number of amides is 1. The van der Waals surface area contributed by atoms with E-state index < -0.39 is 5.41 Å². The van der Waals surface area contributed by atoms with Crippen LogP contribution >= 0.6 is 12.4 Å². The molecule has 0 bridgehead atoms. The third kappa shape index (κ3) is 3.62. The molecule has 4 nitrogen and oxygen atoms in total. The minimum atomic E-state index is -0.416. The molecular weight excluding hydrogens is 298 g/mol. The van der Waals surface area contributed by atoms with Gasteiger partial charge in [-0.1, -0.05) is 32.0 Å². The fraction of sp³-hybridized carbons (Fsp3) is 0.471. The Balaban J connectivity index is 0.00000242. The molecule has 0 spiro atoms. The molecule has 22 heavy (non-hydrogen) atoms. The predicted octanol–water partition coefficient (Wildman–Crippen LogP) is 3.01. The second-order valence-corrected chi connectivity index (χ2v) is 5.56. The molecule has 0 aliphatic carbocycles. The monoisotopic (exact) mass is 323 g/mol. The molecule has 0 radical (unpaired) electrons. The van der Waals surface area contributed by atoms with Gasteiger partial charge in [0.25, 0.3) is 0 Å². The van der Waals surface area contributed by atoms with Gasteiger partial charge in [0, 0.05) is 30.2 Å². The number of benzene rings is 1. The lowest BCUT2D eigenvalue weighted by molar-refractivity contribution is -0.131. The van der Waals surface area contributed by atoms with Crippen LogP contribution in [0.25, 0.3) is 10.9 Å². The Labute approximate surface area is 138 Å². The predicted molar refractivity (Wildman–Crippen MR) is 94.3 cm³/mol. The van der Waals surface area contributed by atoms with Gasteiger partial charge in [-0.2, -0.15) is 0 Å². The first-order valence-corrected chi connectivity index (χ1v) is 7.70. The van der Waals surface area contributed by atoms with Crippen molar-refractivity contribution in [3.8, 4) is 0 Å². The Bertz CT molecular complexity index is 596. The minimum Gasteiger partial charge on any atom is -0.361 e. The molecule has 1 aromatic heterocycles. The first-order chi connectivity index (χ1) is 10.2. The molecule has 0 unspecified atom stereocenters. The number of carbonyl (C=O) groups excluding carboxylic acids is 1. The normalized spacial score (nSPS) is 11.2. The van der Waals surface area contributed by atoms with E-state index >= 15 is 0 Å². The average Bonchev–Trinajstić information content (AvgIpc) is 2.93. The van der Waals surface area contributed by atoms with Crippen molar-refractivity contribution in [3.63, 3.8) is 0 Å². The average molecular weight is 324 g/mol. The topological polar surface area (TPSA) is 70.9 Å². The van der Waals surface area contributed by atoms with E-state index in [-0.39, 0.29) is 18.3 Å². The van der Waals surface area contributed by atoms with E-state index in [1.54, 1.807) is 0 Å². The van der Waals surface area contributed by atoms with Crippen LogP contribution in [0.4, 0.5) is 0 Å². The molecule has 0 aliphatic heterocycles. The molecule has 2 aromatic rings. The van der Waals surface area contributed by atoms with Crippen LogP contribution in [0.2, 0.25) is 0 Å². The Kier molecular flexibility index (Phi) is 6.91. The number of aromatic nitrogens is 1. The Morgan fingerprint density at radius 2 is 1.95 bits per heavy atom. The standard InChI is InChI=1S/C17H25N3O.ClH/c1-3-17(4-2,12-18)16(21)19-10-9-13-11-20-15-8-6-5-7-14(13)15;/h5-8,11,20H,3-4,9-10,12,18H2,1-2H3,(H,19,21);1H. The highest BCUT2D eigenvalue weighted by Gasteiger charge is 2.32. The number of nitrogens with two attached hydrogens (primary N) is 1. The van der Waals surface area contributed by atoms with Crippen LogP contribution in [-0.4, -0.2) is 24.0 Å². The fourth-order valence-electron chi connectivity index (χ4n) is 2.79. The van der Waals surface area contributed by atoms with Gasteiger partial charge in [-0.05, 0) is 30.9 Å². The van der Waals surface area contributed by atoms with Gasteiger partial charge in [0.15, 0.2) is 0 Å². The second kappa shape index (κ2) is 8.20. The molecule has 5 heteroatoms. The largest absolute Gasteiger partial charge is 0.361 e. The quantitative estimate of drug-likeness (QED) is 0.733. The van der Waals surface area contributed by atoms with E-state index in [1.807, 2.05) is 32.2 Å². The number of hydrogen-bond acceptors (Lipinski definition) is 2. The molecule has 1 aromatic carbocycles. The Hall–Kier alpha value is -1.52. The Morgan fingerprint density at radius 1 is 1.27 bits per heavy atom. The Morgan fingerprint density at radius 3 is 2.59 bits per heavy atom. The lowest BCUT2D eigenvalue weighted by Gasteiger charge is -2.28.